The molecule has 1 unspecified atom stereocenters. The number of aliphatic hydroxyl groups is 1. The Morgan fingerprint density at radius 2 is 2.15 bits per heavy atom. The number of carbonyl (C=O) groups excluding carboxylic acids is 1. The van der Waals surface area contributed by atoms with Gasteiger partial charge in [-0.05, 0) is 31.6 Å². The van der Waals surface area contributed by atoms with Gasteiger partial charge in [0.25, 0.3) is 0 Å². The second-order valence-corrected chi connectivity index (χ2v) is 4.94. The second-order valence-electron chi connectivity index (χ2n) is 4.94. The van der Waals surface area contributed by atoms with E-state index in [1.165, 1.54) is 12.5 Å². The van der Waals surface area contributed by atoms with Crippen LogP contribution in [0.3, 0.4) is 0 Å². The topological polar surface area (TPSA) is 75.8 Å². The molecule has 1 rings (SSSR count). The number of hydrogen-bond donors (Lipinski definition) is 2. The third-order valence-electron chi connectivity index (χ3n) is 3.07. The Morgan fingerprint density at radius 3 is 2.80 bits per heavy atom. The fourth-order valence-corrected chi connectivity index (χ4v) is 1.94. The number of nitrogens with two attached hydrogens (primary N) is 1. The van der Waals surface area contributed by atoms with E-state index in [0.29, 0.717) is 6.42 Å². The van der Waals surface area contributed by atoms with Crippen LogP contribution in [0.2, 0.25) is 0 Å². The summed E-state index contributed by atoms with van der Waals surface area (Å²) >= 11 is 0. The molecule has 0 aliphatic carbocycles. The maximum absolute atomic E-state index is 11.5. The minimum absolute atomic E-state index is 0.0270. The summed E-state index contributed by atoms with van der Waals surface area (Å²) in [7, 11) is 0. The molecule has 0 aromatic rings. The minimum atomic E-state index is -0.631. The van der Waals surface area contributed by atoms with Crippen LogP contribution in [-0.4, -0.2) is 41.8 Å². The lowest BCUT2D eigenvalue weighted by molar-refractivity contribution is -0.142. The molecule has 0 radical (unpaired) electrons. The lowest BCUT2D eigenvalue weighted by atomic mass is 10.1. The molecule has 5 heteroatoms. The SMILES string of the molecule is CCCC(O)COC(=O)/C(N)=C/C#CN1CCCCC1. The fraction of sp³-hybridized carbons (Fsp3) is 0.667. The normalized spacial score (nSPS) is 17.1. The van der Waals surface area contributed by atoms with Crippen molar-refractivity contribution in [3.8, 4) is 12.0 Å². The molecule has 0 bridgehead atoms. The Balaban J connectivity index is 2.35. The zero-order chi connectivity index (χ0) is 14.8. The molecule has 20 heavy (non-hydrogen) atoms. The van der Waals surface area contributed by atoms with E-state index in [2.05, 4.69) is 12.0 Å². The van der Waals surface area contributed by atoms with Crippen LogP contribution in [0.15, 0.2) is 11.8 Å². The first-order valence-electron chi connectivity index (χ1n) is 7.20. The second kappa shape index (κ2) is 9.27. The number of likely N-dealkylation sites (tertiary alicyclic amines) is 1. The van der Waals surface area contributed by atoms with Crippen LogP contribution in [0.25, 0.3) is 0 Å². The predicted octanol–water partition coefficient (Wildman–Crippen LogP) is 0.980. The number of hydrogen-bond acceptors (Lipinski definition) is 5. The molecular formula is C15H24N2O3. The van der Waals surface area contributed by atoms with Crippen molar-refractivity contribution in [3.05, 3.63) is 11.8 Å². The summed E-state index contributed by atoms with van der Waals surface area (Å²) in [5, 5.41) is 9.45. The summed E-state index contributed by atoms with van der Waals surface area (Å²) in [5.41, 5.74) is 5.55. The number of nitrogens with zero attached hydrogens (tertiary/aromatic N) is 1. The lowest BCUT2D eigenvalue weighted by Gasteiger charge is -2.21. The molecule has 3 N–H and O–H groups in total. The highest BCUT2D eigenvalue weighted by molar-refractivity contribution is 5.87. The average molecular weight is 280 g/mol. The number of esters is 1. The van der Waals surface area contributed by atoms with E-state index in [9.17, 15) is 9.90 Å². The van der Waals surface area contributed by atoms with Crippen LogP contribution in [0.4, 0.5) is 0 Å². The van der Waals surface area contributed by atoms with Gasteiger partial charge in [0.1, 0.15) is 12.3 Å². The van der Waals surface area contributed by atoms with Gasteiger partial charge in [-0.3, -0.25) is 0 Å². The summed E-state index contributed by atoms with van der Waals surface area (Å²) in [6.07, 6.45) is 5.75. The zero-order valence-electron chi connectivity index (χ0n) is 12.1. The quantitative estimate of drug-likeness (QED) is 0.446. The van der Waals surface area contributed by atoms with E-state index in [4.69, 9.17) is 10.5 Å². The summed E-state index contributed by atoms with van der Waals surface area (Å²) < 4.78 is 4.90. The van der Waals surface area contributed by atoms with Gasteiger partial charge in [0, 0.05) is 25.2 Å². The van der Waals surface area contributed by atoms with Crippen LogP contribution in [0.5, 0.6) is 0 Å². The van der Waals surface area contributed by atoms with Crippen molar-refractivity contribution in [1.29, 1.82) is 0 Å². The van der Waals surface area contributed by atoms with Gasteiger partial charge in [-0.1, -0.05) is 13.3 Å². The number of rotatable bonds is 5. The highest BCUT2D eigenvalue weighted by atomic mass is 16.5. The van der Waals surface area contributed by atoms with Gasteiger partial charge >= 0.3 is 5.97 Å². The molecule has 5 nitrogen and oxygen atoms in total. The van der Waals surface area contributed by atoms with Crippen molar-refractivity contribution in [2.45, 2.75) is 45.1 Å². The van der Waals surface area contributed by atoms with Crippen molar-refractivity contribution in [3.63, 3.8) is 0 Å². The molecule has 1 heterocycles. The van der Waals surface area contributed by atoms with Crippen molar-refractivity contribution < 1.29 is 14.6 Å². The predicted molar refractivity (Wildman–Crippen MR) is 77.3 cm³/mol. The Kier molecular flexibility index (Phi) is 7.59. The monoisotopic (exact) mass is 280 g/mol. The van der Waals surface area contributed by atoms with Crippen LogP contribution in [0, 0.1) is 12.0 Å². The van der Waals surface area contributed by atoms with E-state index < -0.39 is 12.1 Å². The summed E-state index contributed by atoms with van der Waals surface area (Å²) in [5.74, 6) is 2.14. The highest BCUT2D eigenvalue weighted by Gasteiger charge is 2.10. The molecule has 0 aromatic heterocycles. The molecule has 0 saturated carbocycles. The van der Waals surface area contributed by atoms with Crippen LogP contribution in [-0.2, 0) is 9.53 Å². The number of carbonyl (C=O) groups is 1. The van der Waals surface area contributed by atoms with E-state index in [1.807, 2.05) is 11.8 Å². The smallest absolute Gasteiger partial charge is 0.354 e. The van der Waals surface area contributed by atoms with Gasteiger partial charge < -0.3 is 20.5 Å². The van der Waals surface area contributed by atoms with Gasteiger partial charge in [0.2, 0.25) is 0 Å². The maximum Gasteiger partial charge on any atom is 0.354 e. The number of ether oxygens (including phenoxy) is 1. The van der Waals surface area contributed by atoms with E-state index >= 15 is 0 Å². The fourth-order valence-electron chi connectivity index (χ4n) is 1.94. The van der Waals surface area contributed by atoms with E-state index in [1.54, 1.807) is 0 Å². The summed E-state index contributed by atoms with van der Waals surface area (Å²) in [6, 6.07) is 2.96. The molecule has 0 amide bonds. The minimum Gasteiger partial charge on any atom is -0.458 e. The van der Waals surface area contributed by atoms with E-state index in [0.717, 1.165) is 32.4 Å². The van der Waals surface area contributed by atoms with Crippen LogP contribution in [0.1, 0.15) is 39.0 Å². The summed E-state index contributed by atoms with van der Waals surface area (Å²) in [6.45, 7) is 3.86. The van der Waals surface area contributed by atoms with Gasteiger partial charge in [-0.25, -0.2) is 4.79 Å². The largest absolute Gasteiger partial charge is 0.458 e. The third-order valence-corrected chi connectivity index (χ3v) is 3.07. The van der Waals surface area contributed by atoms with Crippen LogP contribution < -0.4 is 5.73 Å². The average Bonchev–Trinajstić information content (AvgIpc) is 2.46. The number of aliphatic hydroxyl groups excluding tert-OH is 1. The highest BCUT2D eigenvalue weighted by Crippen LogP contribution is 2.06. The first kappa shape index (κ1) is 16.4. The molecular weight excluding hydrogens is 256 g/mol. The lowest BCUT2D eigenvalue weighted by Crippen LogP contribution is -2.24. The standard InChI is InChI=1S/C15H24N2O3/c1-2-7-13(18)12-20-15(19)14(16)8-6-11-17-9-4-3-5-10-17/h8,13,18H,2-5,7,9-10,12,16H2,1H3/b14-8-. The van der Waals surface area contributed by atoms with Crippen molar-refractivity contribution in [2.24, 2.45) is 5.73 Å². The van der Waals surface area contributed by atoms with Gasteiger partial charge in [0.15, 0.2) is 0 Å². The van der Waals surface area contributed by atoms with Crippen molar-refractivity contribution >= 4 is 5.97 Å². The molecule has 1 aliphatic rings. The molecule has 1 atom stereocenters. The molecule has 0 aromatic carbocycles. The first-order valence-corrected chi connectivity index (χ1v) is 7.20. The number of piperidine rings is 1. The molecule has 1 fully saturated rings. The van der Waals surface area contributed by atoms with Gasteiger partial charge in [0.05, 0.1) is 6.10 Å². The maximum atomic E-state index is 11.5. The molecule has 0 spiro atoms. The Labute approximate surface area is 120 Å². The summed E-state index contributed by atoms with van der Waals surface area (Å²) in [4.78, 5) is 13.6. The van der Waals surface area contributed by atoms with Crippen LogP contribution >= 0.6 is 0 Å². The van der Waals surface area contributed by atoms with Crippen molar-refractivity contribution in [2.75, 3.05) is 19.7 Å². The third kappa shape index (κ3) is 6.48. The number of allylic oxidation sites excluding steroid dienone is 1. The molecule has 1 aliphatic heterocycles. The molecule has 112 valence electrons. The van der Waals surface area contributed by atoms with Crippen molar-refractivity contribution in [1.82, 2.24) is 4.90 Å². The Hall–Kier alpha value is -1.67. The molecule has 1 saturated heterocycles. The van der Waals surface area contributed by atoms with Gasteiger partial charge in [-0.2, -0.15) is 0 Å². The van der Waals surface area contributed by atoms with Gasteiger partial charge in [-0.15, -0.1) is 0 Å². The zero-order valence-corrected chi connectivity index (χ0v) is 12.1. The first-order chi connectivity index (χ1) is 9.63. The van der Waals surface area contributed by atoms with E-state index in [-0.39, 0.29) is 12.3 Å². The Bertz CT molecular complexity index is 390. The Morgan fingerprint density at radius 1 is 1.45 bits per heavy atom.